The van der Waals surface area contributed by atoms with Gasteiger partial charge in [-0.15, -0.1) is 6.58 Å². The average Bonchev–Trinajstić information content (AvgIpc) is 3.99. The van der Waals surface area contributed by atoms with Gasteiger partial charge in [-0.25, -0.2) is 0 Å². The van der Waals surface area contributed by atoms with Gasteiger partial charge < -0.3 is 9.47 Å². The van der Waals surface area contributed by atoms with E-state index in [2.05, 4.69) is 175 Å². The minimum absolute atomic E-state index is 0.0946. The summed E-state index contributed by atoms with van der Waals surface area (Å²) < 4.78 is 11.4. The highest BCUT2D eigenvalue weighted by Crippen LogP contribution is 2.55. The molecule has 8 aromatic rings. The molecule has 3 aliphatic rings. The van der Waals surface area contributed by atoms with Crippen molar-refractivity contribution < 1.29 is 9.47 Å². The Labute approximate surface area is 342 Å². The van der Waals surface area contributed by atoms with Crippen LogP contribution in [0.3, 0.4) is 0 Å². The summed E-state index contributed by atoms with van der Waals surface area (Å²) in [5, 5.41) is 8.02. The minimum Gasteiger partial charge on any atom is -0.379 e. The van der Waals surface area contributed by atoms with E-state index < -0.39 is 0 Å². The summed E-state index contributed by atoms with van der Waals surface area (Å²) in [4.78, 5) is 0. The second kappa shape index (κ2) is 12.7. The highest BCUT2D eigenvalue weighted by atomic mass is 16.6. The third-order valence-electron chi connectivity index (χ3n) is 13.9. The first-order valence-electron chi connectivity index (χ1n) is 21.1. The Balaban J connectivity index is 0.954. The predicted octanol–water partition coefficient (Wildman–Crippen LogP) is 14.2. The SMILES string of the molecule is C=CC1(CCCOCC2CO2)c2ccccc2-c2ccc(-c3ccc4c(c3)C(C)(C)c3cc(-c5ccc6ccc7cc(C(C)(C)C)cc8ccc5c6c78)ccc3-4)cc21. The van der Waals surface area contributed by atoms with Gasteiger partial charge in [0.15, 0.2) is 0 Å². The molecule has 2 unspecified atom stereocenters. The topological polar surface area (TPSA) is 21.8 Å². The lowest BCUT2D eigenvalue weighted by molar-refractivity contribution is 0.111. The van der Waals surface area contributed by atoms with Gasteiger partial charge in [0, 0.05) is 17.4 Å². The number of fused-ring (bicyclic) bond motifs is 6. The molecule has 0 radical (unpaired) electrons. The van der Waals surface area contributed by atoms with Crippen molar-refractivity contribution in [3.63, 3.8) is 0 Å². The van der Waals surface area contributed by atoms with Crippen LogP contribution in [0.2, 0.25) is 0 Å². The summed E-state index contributed by atoms with van der Waals surface area (Å²) >= 11 is 0. The predicted molar refractivity (Wildman–Crippen MR) is 243 cm³/mol. The van der Waals surface area contributed by atoms with Crippen molar-refractivity contribution in [3.8, 4) is 44.5 Å². The Morgan fingerprint density at radius 2 is 1.21 bits per heavy atom. The van der Waals surface area contributed by atoms with Gasteiger partial charge in [-0.2, -0.15) is 0 Å². The largest absolute Gasteiger partial charge is 0.379 e. The summed E-state index contributed by atoms with van der Waals surface area (Å²) in [5.41, 5.74) is 16.9. The van der Waals surface area contributed by atoms with Crippen LogP contribution < -0.4 is 0 Å². The van der Waals surface area contributed by atoms with Gasteiger partial charge in [-0.1, -0.05) is 150 Å². The van der Waals surface area contributed by atoms with Crippen LogP contribution in [0.25, 0.3) is 76.8 Å². The van der Waals surface area contributed by atoms with Crippen molar-refractivity contribution in [2.24, 2.45) is 0 Å². The van der Waals surface area contributed by atoms with E-state index in [9.17, 15) is 0 Å². The minimum atomic E-state index is -0.259. The van der Waals surface area contributed by atoms with E-state index in [0.717, 1.165) is 26.1 Å². The molecule has 2 aliphatic carbocycles. The molecular weight excluding hydrogens is 705 g/mol. The average molecular weight is 755 g/mol. The third kappa shape index (κ3) is 5.31. The number of ether oxygens (including phenoxy) is 2. The smallest absolute Gasteiger partial charge is 0.104 e. The van der Waals surface area contributed by atoms with Crippen molar-refractivity contribution >= 4 is 32.3 Å². The Bertz CT molecular complexity index is 2950. The third-order valence-corrected chi connectivity index (χ3v) is 13.9. The molecule has 2 atom stereocenters. The van der Waals surface area contributed by atoms with E-state index in [-0.39, 0.29) is 22.3 Å². The van der Waals surface area contributed by atoms with Gasteiger partial charge in [-0.3, -0.25) is 0 Å². The molecule has 0 aromatic heterocycles. The van der Waals surface area contributed by atoms with Crippen LogP contribution in [0, 0.1) is 0 Å². The van der Waals surface area contributed by atoms with Crippen LogP contribution in [-0.4, -0.2) is 25.9 Å². The van der Waals surface area contributed by atoms with Crippen molar-refractivity contribution in [1.82, 2.24) is 0 Å². The zero-order valence-corrected chi connectivity index (χ0v) is 34.3. The molecule has 11 rings (SSSR count). The molecule has 0 spiro atoms. The highest BCUT2D eigenvalue weighted by Gasteiger charge is 2.41. The maximum absolute atomic E-state index is 5.99. The summed E-state index contributed by atoms with van der Waals surface area (Å²) in [6.07, 6.45) is 4.39. The second-order valence-electron chi connectivity index (χ2n) is 18.7. The monoisotopic (exact) mass is 754 g/mol. The van der Waals surface area contributed by atoms with Crippen LogP contribution in [0.1, 0.15) is 75.3 Å². The van der Waals surface area contributed by atoms with Gasteiger partial charge in [0.2, 0.25) is 0 Å². The molecule has 1 aliphatic heterocycles. The molecule has 1 saturated heterocycles. The van der Waals surface area contributed by atoms with E-state index in [1.54, 1.807) is 0 Å². The Morgan fingerprint density at radius 1 is 0.638 bits per heavy atom. The molecule has 1 fully saturated rings. The molecule has 8 aromatic carbocycles. The zero-order valence-electron chi connectivity index (χ0n) is 34.3. The van der Waals surface area contributed by atoms with E-state index in [0.29, 0.717) is 6.61 Å². The molecule has 2 nitrogen and oxygen atoms in total. The number of allylic oxidation sites excluding steroid dienone is 1. The maximum Gasteiger partial charge on any atom is 0.104 e. The number of rotatable bonds is 9. The molecular formula is C56H50O2. The van der Waals surface area contributed by atoms with Crippen LogP contribution in [-0.2, 0) is 25.7 Å². The molecule has 0 amide bonds. The standard InChI is InChI=1S/C56H50O2/c1-7-56(25-10-26-57-32-41-33-58-41)48-12-9-8-11-43(48)46-22-17-36(30-51(46)56)35-16-21-44-45-23-18-37(31-50(45)55(5,6)49(44)29-35)42-20-15-34-13-14-38-27-40(54(2,3)4)28-39-19-24-47(42)53(34)52(38)39/h7-9,11-24,27-31,41H,1,10,25-26,32-33H2,2-6H3. The summed E-state index contributed by atoms with van der Waals surface area (Å²) in [6.45, 7) is 18.4. The number of hydrogen-bond acceptors (Lipinski definition) is 2. The molecule has 58 heavy (non-hydrogen) atoms. The first-order chi connectivity index (χ1) is 28.0. The van der Waals surface area contributed by atoms with E-state index >= 15 is 0 Å². The van der Waals surface area contributed by atoms with Crippen molar-refractivity contribution in [2.75, 3.05) is 19.8 Å². The summed E-state index contributed by atoms with van der Waals surface area (Å²) in [7, 11) is 0. The lowest BCUT2D eigenvalue weighted by Gasteiger charge is -2.29. The lowest BCUT2D eigenvalue weighted by atomic mass is 9.74. The Hall–Kier alpha value is -5.54. The first-order valence-corrected chi connectivity index (χ1v) is 21.1. The molecule has 0 bridgehead atoms. The van der Waals surface area contributed by atoms with Gasteiger partial charge in [0.05, 0.1) is 13.2 Å². The fourth-order valence-electron chi connectivity index (χ4n) is 10.6. The second-order valence-corrected chi connectivity index (χ2v) is 18.7. The molecule has 0 saturated carbocycles. The van der Waals surface area contributed by atoms with Crippen molar-refractivity contribution in [1.29, 1.82) is 0 Å². The van der Waals surface area contributed by atoms with Crippen molar-refractivity contribution in [3.05, 3.63) is 168 Å². The van der Waals surface area contributed by atoms with Gasteiger partial charge >= 0.3 is 0 Å². The van der Waals surface area contributed by atoms with E-state index in [4.69, 9.17) is 9.47 Å². The van der Waals surface area contributed by atoms with Crippen LogP contribution in [0.15, 0.2) is 140 Å². The fraction of sp³-hybridized carbons (Fsp3) is 0.250. The molecule has 1 heterocycles. The molecule has 286 valence electrons. The Kier molecular flexibility index (Phi) is 7.81. The first kappa shape index (κ1) is 35.6. The zero-order chi connectivity index (χ0) is 39.6. The van der Waals surface area contributed by atoms with Gasteiger partial charge in [0.1, 0.15) is 6.10 Å². The fourth-order valence-corrected chi connectivity index (χ4v) is 10.6. The number of benzene rings is 8. The molecule has 2 heteroatoms. The van der Waals surface area contributed by atoms with Crippen LogP contribution >= 0.6 is 0 Å². The van der Waals surface area contributed by atoms with Crippen LogP contribution in [0.5, 0.6) is 0 Å². The summed E-state index contributed by atoms with van der Waals surface area (Å²) in [5.74, 6) is 0. The van der Waals surface area contributed by atoms with Crippen molar-refractivity contribution in [2.45, 2.75) is 69.8 Å². The van der Waals surface area contributed by atoms with E-state index in [1.807, 2.05) is 0 Å². The van der Waals surface area contributed by atoms with Gasteiger partial charge in [0.25, 0.3) is 0 Å². The number of hydrogen-bond donors (Lipinski definition) is 0. The maximum atomic E-state index is 5.99. The quantitative estimate of drug-likeness (QED) is 0.0633. The van der Waals surface area contributed by atoms with Crippen LogP contribution in [0.4, 0.5) is 0 Å². The summed E-state index contributed by atoms with van der Waals surface area (Å²) in [6, 6.07) is 49.1. The highest BCUT2D eigenvalue weighted by molar-refractivity contribution is 6.25. The number of epoxide rings is 1. The Morgan fingerprint density at radius 3 is 1.90 bits per heavy atom. The lowest BCUT2D eigenvalue weighted by Crippen LogP contribution is -2.23. The van der Waals surface area contributed by atoms with E-state index in [1.165, 1.54) is 105 Å². The molecule has 0 N–H and O–H groups in total. The normalized spacial score (nSPS) is 18.7. The van der Waals surface area contributed by atoms with Gasteiger partial charge in [-0.05, 0) is 141 Å².